The van der Waals surface area contributed by atoms with Gasteiger partial charge in [-0.05, 0) is 31.0 Å². The minimum Gasteiger partial charge on any atom is -0.334 e. The first kappa shape index (κ1) is 16.8. The number of amides is 2. The molecule has 0 saturated carbocycles. The molecule has 0 radical (unpaired) electrons. The molecule has 1 rings (SSSR count). The molecule has 0 saturated heterocycles. The van der Waals surface area contributed by atoms with Crippen molar-refractivity contribution in [1.29, 1.82) is 0 Å². The van der Waals surface area contributed by atoms with Gasteiger partial charge in [-0.2, -0.15) is 0 Å². The molecule has 1 N–H and O–H groups in total. The van der Waals surface area contributed by atoms with Gasteiger partial charge in [0.2, 0.25) is 0 Å². The van der Waals surface area contributed by atoms with Gasteiger partial charge in [-0.1, -0.05) is 37.0 Å². The predicted molar refractivity (Wildman–Crippen MR) is 82.3 cm³/mol. The van der Waals surface area contributed by atoms with Gasteiger partial charge in [0, 0.05) is 28.8 Å². The van der Waals surface area contributed by atoms with Crippen LogP contribution in [0.2, 0.25) is 10.0 Å². The molecule has 0 atom stereocenters. The second kappa shape index (κ2) is 8.12. The molecule has 1 aromatic carbocycles. The van der Waals surface area contributed by atoms with Crippen molar-refractivity contribution >= 4 is 40.7 Å². The summed E-state index contributed by atoms with van der Waals surface area (Å²) in [7, 11) is 0. The fraction of sp³-hybridized carbons (Fsp3) is 0.429. The van der Waals surface area contributed by atoms with Gasteiger partial charge >= 0.3 is 11.8 Å². The molecule has 2 amide bonds. The molecule has 20 heavy (non-hydrogen) atoms. The van der Waals surface area contributed by atoms with Crippen LogP contribution in [0.4, 0.5) is 5.69 Å². The van der Waals surface area contributed by atoms with E-state index in [0.29, 0.717) is 28.8 Å². The molecular weight excluding hydrogens is 299 g/mol. The Morgan fingerprint density at radius 1 is 1.05 bits per heavy atom. The van der Waals surface area contributed by atoms with Gasteiger partial charge in [0.15, 0.2) is 0 Å². The number of nitrogens with zero attached hydrogens (tertiary/aromatic N) is 1. The Morgan fingerprint density at radius 2 is 1.55 bits per heavy atom. The Bertz CT molecular complexity index is 466. The molecule has 6 heteroatoms. The Labute approximate surface area is 129 Å². The first-order valence-corrected chi connectivity index (χ1v) is 7.29. The van der Waals surface area contributed by atoms with E-state index < -0.39 is 11.8 Å². The van der Waals surface area contributed by atoms with Gasteiger partial charge < -0.3 is 10.2 Å². The maximum atomic E-state index is 12.0. The fourth-order valence-electron chi connectivity index (χ4n) is 1.81. The molecular formula is C14H18Cl2N2O2. The number of halogens is 2. The number of nitrogens with one attached hydrogen (secondary N) is 1. The molecule has 0 heterocycles. The number of carbonyl (C=O) groups is 2. The van der Waals surface area contributed by atoms with Crippen LogP contribution in [0.1, 0.15) is 26.7 Å². The van der Waals surface area contributed by atoms with E-state index in [9.17, 15) is 9.59 Å². The van der Waals surface area contributed by atoms with Crippen molar-refractivity contribution < 1.29 is 9.59 Å². The van der Waals surface area contributed by atoms with Gasteiger partial charge in [0.05, 0.1) is 0 Å². The molecule has 110 valence electrons. The van der Waals surface area contributed by atoms with Crippen molar-refractivity contribution in [3.63, 3.8) is 0 Å². The number of benzene rings is 1. The van der Waals surface area contributed by atoms with Crippen LogP contribution in [-0.4, -0.2) is 29.8 Å². The summed E-state index contributed by atoms with van der Waals surface area (Å²) < 4.78 is 0. The van der Waals surface area contributed by atoms with Gasteiger partial charge in [-0.3, -0.25) is 9.59 Å². The van der Waals surface area contributed by atoms with Crippen LogP contribution >= 0.6 is 23.2 Å². The van der Waals surface area contributed by atoms with Crippen molar-refractivity contribution in [2.24, 2.45) is 0 Å². The molecule has 1 aromatic rings. The van der Waals surface area contributed by atoms with Gasteiger partial charge in [-0.25, -0.2) is 0 Å². The van der Waals surface area contributed by atoms with Crippen LogP contribution in [0.15, 0.2) is 18.2 Å². The van der Waals surface area contributed by atoms with E-state index in [1.54, 1.807) is 23.1 Å². The number of hydrogen-bond acceptors (Lipinski definition) is 2. The summed E-state index contributed by atoms with van der Waals surface area (Å²) in [6.45, 7) is 5.06. The molecule has 0 spiro atoms. The maximum absolute atomic E-state index is 12.0. The van der Waals surface area contributed by atoms with E-state index in [1.807, 2.05) is 13.8 Å². The third kappa shape index (κ3) is 5.02. The van der Waals surface area contributed by atoms with E-state index in [0.717, 1.165) is 12.8 Å². The molecule has 0 aliphatic carbocycles. The minimum atomic E-state index is -0.676. The summed E-state index contributed by atoms with van der Waals surface area (Å²) in [5, 5.41) is 3.33. The standard InChI is InChI=1S/C14H18Cl2N2O2/c1-3-5-18(6-4-2)14(20)13(19)17-12-8-10(15)7-11(16)9-12/h7-9H,3-6H2,1-2H3,(H,17,19). The van der Waals surface area contributed by atoms with Crippen molar-refractivity contribution in [3.8, 4) is 0 Å². The summed E-state index contributed by atoms with van der Waals surface area (Å²) >= 11 is 11.7. The third-order valence-corrected chi connectivity index (χ3v) is 3.03. The topological polar surface area (TPSA) is 49.4 Å². The zero-order chi connectivity index (χ0) is 15.1. The molecule has 0 bridgehead atoms. The number of anilines is 1. The van der Waals surface area contributed by atoms with Crippen LogP contribution < -0.4 is 5.32 Å². The monoisotopic (exact) mass is 316 g/mol. The predicted octanol–water partition coefficient (Wildman–Crippen LogP) is 3.58. The first-order chi connectivity index (χ1) is 9.47. The van der Waals surface area contributed by atoms with E-state index in [4.69, 9.17) is 23.2 Å². The smallest absolute Gasteiger partial charge is 0.313 e. The second-order valence-corrected chi connectivity index (χ2v) is 5.28. The average Bonchev–Trinajstić information content (AvgIpc) is 2.36. The van der Waals surface area contributed by atoms with E-state index in [1.165, 1.54) is 0 Å². The highest BCUT2D eigenvalue weighted by Gasteiger charge is 2.20. The van der Waals surface area contributed by atoms with Crippen LogP contribution in [0.3, 0.4) is 0 Å². The third-order valence-electron chi connectivity index (χ3n) is 2.59. The van der Waals surface area contributed by atoms with Crippen molar-refractivity contribution in [3.05, 3.63) is 28.2 Å². The normalized spacial score (nSPS) is 10.2. The van der Waals surface area contributed by atoms with Crippen LogP contribution in [0.25, 0.3) is 0 Å². The molecule has 0 unspecified atom stereocenters. The van der Waals surface area contributed by atoms with Crippen molar-refractivity contribution in [2.45, 2.75) is 26.7 Å². The summed E-state index contributed by atoms with van der Waals surface area (Å²) in [6.07, 6.45) is 1.62. The van der Waals surface area contributed by atoms with Gasteiger partial charge in [0.25, 0.3) is 0 Å². The lowest BCUT2D eigenvalue weighted by Crippen LogP contribution is -2.40. The first-order valence-electron chi connectivity index (χ1n) is 6.54. The maximum Gasteiger partial charge on any atom is 0.313 e. The highest BCUT2D eigenvalue weighted by molar-refractivity contribution is 6.40. The number of rotatable bonds is 5. The molecule has 0 aromatic heterocycles. The second-order valence-electron chi connectivity index (χ2n) is 4.40. The molecule has 0 fully saturated rings. The SMILES string of the molecule is CCCN(CCC)C(=O)C(=O)Nc1cc(Cl)cc(Cl)c1. The summed E-state index contributed by atoms with van der Waals surface area (Å²) in [5.74, 6) is -1.21. The highest BCUT2D eigenvalue weighted by Crippen LogP contribution is 2.22. The van der Waals surface area contributed by atoms with Gasteiger partial charge in [-0.15, -0.1) is 0 Å². The summed E-state index contributed by atoms with van der Waals surface area (Å²) in [4.78, 5) is 25.5. The average molecular weight is 317 g/mol. The van der Waals surface area contributed by atoms with Crippen LogP contribution in [-0.2, 0) is 9.59 Å². The van der Waals surface area contributed by atoms with E-state index >= 15 is 0 Å². The van der Waals surface area contributed by atoms with E-state index in [2.05, 4.69) is 5.32 Å². The Kier molecular flexibility index (Phi) is 6.82. The lowest BCUT2D eigenvalue weighted by Gasteiger charge is -2.20. The Morgan fingerprint density at radius 3 is 2.00 bits per heavy atom. The zero-order valence-electron chi connectivity index (χ0n) is 11.6. The largest absolute Gasteiger partial charge is 0.334 e. The van der Waals surface area contributed by atoms with Crippen molar-refractivity contribution in [1.82, 2.24) is 4.90 Å². The quantitative estimate of drug-likeness (QED) is 0.844. The van der Waals surface area contributed by atoms with E-state index in [-0.39, 0.29) is 0 Å². The Balaban J connectivity index is 2.75. The zero-order valence-corrected chi connectivity index (χ0v) is 13.1. The van der Waals surface area contributed by atoms with Crippen molar-refractivity contribution in [2.75, 3.05) is 18.4 Å². The summed E-state index contributed by atoms with van der Waals surface area (Å²) in [6, 6.07) is 4.65. The summed E-state index contributed by atoms with van der Waals surface area (Å²) in [5.41, 5.74) is 0.411. The Hall–Kier alpha value is -1.26. The van der Waals surface area contributed by atoms with Gasteiger partial charge in [0.1, 0.15) is 0 Å². The fourth-order valence-corrected chi connectivity index (χ4v) is 2.33. The molecule has 0 aliphatic heterocycles. The van der Waals surface area contributed by atoms with Crippen LogP contribution in [0, 0.1) is 0 Å². The van der Waals surface area contributed by atoms with Crippen LogP contribution in [0.5, 0.6) is 0 Å². The molecule has 0 aliphatic rings. The lowest BCUT2D eigenvalue weighted by atomic mass is 10.3. The molecule has 4 nitrogen and oxygen atoms in total. The highest BCUT2D eigenvalue weighted by atomic mass is 35.5. The number of hydrogen-bond donors (Lipinski definition) is 1. The lowest BCUT2D eigenvalue weighted by molar-refractivity contribution is -0.143. The minimum absolute atomic E-state index is 0.402. The number of carbonyl (C=O) groups excluding carboxylic acids is 2.